The van der Waals surface area contributed by atoms with Crippen molar-refractivity contribution < 1.29 is 13.7 Å². The van der Waals surface area contributed by atoms with Gasteiger partial charge in [0.05, 0.1) is 6.26 Å². The molecule has 0 bridgehead atoms. The van der Waals surface area contributed by atoms with Gasteiger partial charge in [-0.05, 0) is 31.0 Å². The molecule has 3 aromatic heterocycles. The number of piperazine rings is 1. The van der Waals surface area contributed by atoms with E-state index in [0.717, 1.165) is 24.9 Å². The predicted molar refractivity (Wildman–Crippen MR) is 106 cm³/mol. The molecule has 2 aliphatic heterocycles. The number of rotatable bonds is 4. The van der Waals surface area contributed by atoms with Crippen LogP contribution in [-0.4, -0.2) is 65.2 Å². The minimum Gasteiger partial charge on any atom is -0.461 e. The third kappa shape index (κ3) is 3.55. The summed E-state index contributed by atoms with van der Waals surface area (Å²) < 4.78 is 10.5. The number of amides is 1. The van der Waals surface area contributed by atoms with Crippen molar-refractivity contribution in [1.29, 1.82) is 0 Å². The number of nitrogens with zero attached hydrogens (tertiary/aromatic N) is 6. The molecule has 0 saturated carbocycles. The van der Waals surface area contributed by atoms with Gasteiger partial charge in [0.2, 0.25) is 11.7 Å². The molecule has 3 aromatic rings. The Morgan fingerprint density at radius 1 is 0.966 bits per heavy atom. The number of hydrogen-bond donors (Lipinski definition) is 0. The highest BCUT2D eigenvalue weighted by atomic mass is 16.5. The fourth-order valence-electron chi connectivity index (χ4n) is 3.80. The summed E-state index contributed by atoms with van der Waals surface area (Å²) in [5, 5.41) is 3.91. The summed E-state index contributed by atoms with van der Waals surface area (Å²) in [6.45, 7) is 4.67. The largest absolute Gasteiger partial charge is 0.461 e. The fourth-order valence-corrected chi connectivity index (χ4v) is 3.80. The van der Waals surface area contributed by atoms with Gasteiger partial charge in [0.25, 0.3) is 5.91 Å². The van der Waals surface area contributed by atoms with E-state index in [-0.39, 0.29) is 5.91 Å². The molecule has 2 fully saturated rings. The topological polar surface area (TPSA) is 91.7 Å². The molecule has 0 N–H and O–H groups in total. The highest BCUT2D eigenvalue weighted by Crippen LogP contribution is 2.23. The highest BCUT2D eigenvalue weighted by molar-refractivity contribution is 5.93. The molecule has 2 saturated heterocycles. The Morgan fingerprint density at radius 3 is 2.55 bits per heavy atom. The van der Waals surface area contributed by atoms with E-state index in [0.29, 0.717) is 43.4 Å². The van der Waals surface area contributed by atoms with Crippen LogP contribution in [0.1, 0.15) is 23.3 Å². The molecule has 0 atom stereocenters. The summed E-state index contributed by atoms with van der Waals surface area (Å²) in [5.41, 5.74) is 0.295. The van der Waals surface area contributed by atoms with Gasteiger partial charge in [0, 0.05) is 51.5 Å². The minimum atomic E-state index is -0.133. The van der Waals surface area contributed by atoms with Gasteiger partial charge in [-0.2, -0.15) is 4.98 Å². The summed E-state index contributed by atoms with van der Waals surface area (Å²) in [6, 6.07) is 7.09. The lowest BCUT2D eigenvalue weighted by molar-refractivity contribution is 0.0736. The standard InChI is InChI=1S/C20H22N6O3/c27-19(15-14-17(29-23-15)16-4-3-13-28-16)25-11-9-24(10-12-25)18-5-6-21-20(22-18)26-7-1-2-8-26/h3-6,13-14H,1-2,7-12H2. The smallest absolute Gasteiger partial charge is 0.276 e. The fraction of sp³-hybridized carbons (Fsp3) is 0.400. The van der Waals surface area contributed by atoms with Crippen LogP contribution in [0.5, 0.6) is 0 Å². The Hall–Kier alpha value is -3.36. The van der Waals surface area contributed by atoms with Crippen LogP contribution in [0.4, 0.5) is 11.8 Å². The SMILES string of the molecule is O=C(c1cc(-c2ccco2)on1)N1CCN(c2ccnc(N3CCCC3)n2)CC1. The second-order valence-electron chi connectivity index (χ2n) is 7.24. The number of carbonyl (C=O) groups is 1. The molecule has 29 heavy (non-hydrogen) atoms. The zero-order valence-corrected chi connectivity index (χ0v) is 16.0. The average molecular weight is 394 g/mol. The van der Waals surface area contributed by atoms with E-state index in [1.165, 1.54) is 12.8 Å². The third-order valence-electron chi connectivity index (χ3n) is 5.40. The number of aromatic nitrogens is 3. The normalized spacial score (nSPS) is 17.2. The molecule has 1 amide bonds. The summed E-state index contributed by atoms with van der Waals surface area (Å²) >= 11 is 0. The van der Waals surface area contributed by atoms with E-state index in [1.807, 2.05) is 12.3 Å². The molecule has 0 aromatic carbocycles. The van der Waals surface area contributed by atoms with Crippen molar-refractivity contribution in [3.05, 3.63) is 42.4 Å². The van der Waals surface area contributed by atoms with Gasteiger partial charge in [0.1, 0.15) is 5.82 Å². The van der Waals surface area contributed by atoms with Crippen molar-refractivity contribution in [2.45, 2.75) is 12.8 Å². The Morgan fingerprint density at radius 2 is 1.79 bits per heavy atom. The maximum Gasteiger partial charge on any atom is 0.276 e. The minimum absolute atomic E-state index is 0.133. The number of hydrogen-bond acceptors (Lipinski definition) is 8. The quantitative estimate of drug-likeness (QED) is 0.666. The molecule has 0 unspecified atom stereocenters. The Bertz CT molecular complexity index is 972. The van der Waals surface area contributed by atoms with E-state index in [4.69, 9.17) is 13.9 Å². The molecular weight excluding hydrogens is 372 g/mol. The van der Waals surface area contributed by atoms with E-state index in [2.05, 4.69) is 19.9 Å². The summed E-state index contributed by atoms with van der Waals surface area (Å²) in [6.07, 6.45) is 5.76. The number of carbonyl (C=O) groups excluding carboxylic acids is 1. The van der Waals surface area contributed by atoms with Crippen molar-refractivity contribution in [1.82, 2.24) is 20.0 Å². The van der Waals surface area contributed by atoms with Gasteiger partial charge in [-0.3, -0.25) is 4.79 Å². The predicted octanol–water partition coefficient (Wildman–Crippen LogP) is 2.29. The number of anilines is 2. The molecule has 150 valence electrons. The van der Waals surface area contributed by atoms with Crippen LogP contribution in [0.3, 0.4) is 0 Å². The Labute approximate surface area is 167 Å². The number of furan rings is 1. The van der Waals surface area contributed by atoms with Crippen molar-refractivity contribution in [3.8, 4) is 11.5 Å². The molecule has 9 heteroatoms. The van der Waals surface area contributed by atoms with Crippen LogP contribution in [0.15, 0.2) is 45.7 Å². The van der Waals surface area contributed by atoms with Gasteiger partial charge in [-0.25, -0.2) is 4.98 Å². The van der Waals surface area contributed by atoms with Crippen LogP contribution in [0.25, 0.3) is 11.5 Å². The van der Waals surface area contributed by atoms with Crippen molar-refractivity contribution >= 4 is 17.7 Å². The Balaban J connectivity index is 1.22. The van der Waals surface area contributed by atoms with Crippen LogP contribution in [0, 0.1) is 0 Å². The maximum absolute atomic E-state index is 12.8. The first-order valence-corrected chi connectivity index (χ1v) is 9.91. The van der Waals surface area contributed by atoms with Crippen LogP contribution in [0.2, 0.25) is 0 Å². The molecule has 0 spiro atoms. The summed E-state index contributed by atoms with van der Waals surface area (Å²) in [7, 11) is 0. The average Bonchev–Trinajstić information content (AvgIpc) is 3.55. The van der Waals surface area contributed by atoms with E-state index in [9.17, 15) is 4.79 Å². The molecule has 0 radical (unpaired) electrons. The van der Waals surface area contributed by atoms with Crippen molar-refractivity contribution in [2.75, 3.05) is 49.1 Å². The van der Waals surface area contributed by atoms with Gasteiger partial charge < -0.3 is 23.6 Å². The zero-order chi connectivity index (χ0) is 19.6. The molecular formula is C20H22N6O3. The molecule has 5 rings (SSSR count). The monoisotopic (exact) mass is 394 g/mol. The molecule has 2 aliphatic rings. The lowest BCUT2D eigenvalue weighted by atomic mass is 10.2. The van der Waals surface area contributed by atoms with Crippen molar-refractivity contribution in [3.63, 3.8) is 0 Å². The lowest BCUT2D eigenvalue weighted by Crippen LogP contribution is -2.49. The van der Waals surface area contributed by atoms with E-state index >= 15 is 0 Å². The Kier molecular flexibility index (Phi) is 4.63. The summed E-state index contributed by atoms with van der Waals surface area (Å²) in [5.74, 6) is 2.58. The van der Waals surface area contributed by atoms with Crippen LogP contribution < -0.4 is 9.80 Å². The third-order valence-corrected chi connectivity index (χ3v) is 5.40. The van der Waals surface area contributed by atoms with Gasteiger partial charge in [-0.1, -0.05) is 5.16 Å². The zero-order valence-electron chi connectivity index (χ0n) is 16.0. The van der Waals surface area contributed by atoms with Gasteiger partial charge in [-0.15, -0.1) is 0 Å². The second kappa shape index (κ2) is 7.57. The van der Waals surface area contributed by atoms with Gasteiger partial charge in [0.15, 0.2) is 11.5 Å². The van der Waals surface area contributed by atoms with E-state index in [1.54, 1.807) is 29.4 Å². The highest BCUT2D eigenvalue weighted by Gasteiger charge is 2.26. The first-order chi connectivity index (χ1) is 14.3. The van der Waals surface area contributed by atoms with Crippen LogP contribution >= 0.6 is 0 Å². The van der Waals surface area contributed by atoms with Gasteiger partial charge >= 0.3 is 0 Å². The second-order valence-corrected chi connectivity index (χ2v) is 7.24. The summed E-state index contributed by atoms with van der Waals surface area (Å²) in [4.78, 5) is 28.2. The lowest BCUT2D eigenvalue weighted by Gasteiger charge is -2.35. The first-order valence-electron chi connectivity index (χ1n) is 9.91. The maximum atomic E-state index is 12.8. The first kappa shape index (κ1) is 17.7. The van der Waals surface area contributed by atoms with E-state index < -0.39 is 0 Å². The molecule has 0 aliphatic carbocycles. The van der Waals surface area contributed by atoms with Crippen LogP contribution in [-0.2, 0) is 0 Å². The molecule has 9 nitrogen and oxygen atoms in total. The van der Waals surface area contributed by atoms with Crippen molar-refractivity contribution in [2.24, 2.45) is 0 Å². The molecule has 5 heterocycles.